The predicted molar refractivity (Wildman–Crippen MR) is 378 cm³/mol. The number of halogens is 25. The monoisotopic (exact) mass is 1640 g/mol. The standard InChI is InChI=1S/C87H50F24N.BrH/c1-45-41-112(42-50-20-19-46-11-5-8-16-69(46)77(50)76(45)47-12-3-2-4-13-47)43-74-72(59-23-51(55-27-61(80(88,89)90)37-62(28-55)81(91,92)93)21-52(24-59)56-29-63(82(94,95)96)38-64(30-56)83(97,98)99)35-48-14-6-9-17-70(48)78(74)79-71-18-10-7-15-49(71)36-73(75(79)44-112)60-25-53(57-31-65(84(100,101)102)39-66(32-57)85(103,104)105)22-54(26-60)58-33-67(86(106,107)108)40-68(34-58)87(109,110)111;/h2-40H,41-44H2,1H3;1H/q+1;/p-1. The highest BCUT2D eigenvalue weighted by atomic mass is 79.9. The summed E-state index contributed by atoms with van der Waals surface area (Å²) in [6, 6.07) is 44.5. The number of fused-ring (bicyclic) bond motifs is 10. The van der Waals surface area contributed by atoms with Crippen molar-refractivity contribution >= 4 is 37.9 Å². The molecule has 26 heteroatoms. The first kappa shape index (κ1) is 78.8. The van der Waals surface area contributed by atoms with Crippen LogP contribution in [0.2, 0.25) is 0 Å². The van der Waals surface area contributed by atoms with Crippen LogP contribution in [0.5, 0.6) is 0 Å². The van der Waals surface area contributed by atoms with Crippen molar-refractivity contribution in [1.29, 1.82) is 0 Å². The number of hydrogen-bond acceptors (Lipinski definition) is 0. The van der Waals surface area contributed by atoms with E-state index in [9.17, 15) is 105 Å². The van der Waals surface area contributed by atoms with Gasteiger partial charge in [-0.05, 0) is 250 Å². The van der Waals surface area contributed by atoms with Crippen LogP contribution in [0.25, 0.3) is 116 Å². The van der Waals surface area contributed by atoms with Gasteiger partial charge in [0.1, 0.15) is 26.2 Å². The Labute approximate surface area is 636 Å². The van der Waals surface area contributed by atoms with Gasteiger partial charge in [-0.15, -0.1) is 0 Å². The van der Waals surface area contributed by atoms with Gasteiger partial charge in [-0.25, -0.2) is 0 Å². The van der Waals surface area contributed by atoms with Crippen molar-refractivity contribution in [2.75, 3.05) is 6.54 Å². The molecule has 0 N–H and O–H groups in total. The van der Waals surface area contributed by atoms with Crippen molar-refractivity contribution in [2.24, 2.45) is 0 Å². The summed E-state index contributed by atoms with van der Waals surface area (Å²) >= 11 is 0. The lowest BCUT2D eigenvalue weighted by Crippen LogP contribution is -3.00. The highest BCUT2D eigenvalue weighted by Gasteiger charge is 2.45. The van der Waals surface area contributed by atoms with Crippen LogP contribution in [0.1, 0.15) is 79.2 Å². The maximum absolute atomic E-state index is 15.0. The highest BCUT2D eigenvalue weighted by molar-refractivity contribution is 6.12. The van der Waals surface area contributed by atoms with Gasteiger partial charge >= 0.3 is 49.4 Å². The molecule has 2 heterocycles. The fourth-order valence-corrected chi connectivity index (χ4v) is 15.8. The van der Waals surface area contributed by atoms with Gasteiger partial charge in [0, 0.05) is 27.8 Å². The van der Waals surface area contributed by atoms with Gasteiger partial charge in [0.25, 0.3) is 0 Å². The number of hydrogen-bond donors (Lipinski definition) is 0. The third-order valence-electron chi connectivity index (χ3n) is 20.6. The van der Waals surface area contributed by atoms with Crippen molar-refractivity contribution in [1.82, 2.24) is 0 Å². The second-order valence-corrected chi connectivity index (χ2v) is 28.1. The highest BCUT2D eigenvalue weighted by Crippen LogP contribution is 2.55. The van der Waals surface area contributed by atoms with Crippen molar-refractivity contribution in [3.05, 3.63) is 314 Å². The zero-order chi connectivity index (χ0) is 80.1. The van der Waals surface area contributed by atoms with Crippen molar-refractivity contribution in [3.8, 4) is 77.9 Å². The predicted octanol–water partition coefficient (Wildman–Crippen LogP) is 25.8. The minimum absolute atomic E-state index is 0. The summed E-state index contributed by atoms with van der Waals surface area (Å²) in [7, 11) is 0. The third kappa shape index (κ3) is 15.3. The molecule has 0 aromatic heterocycles. The van der Waals surface area contributed by atoms with E-state index in [4.69, 9.17) is 0 Å². The van der Waals surface area contributed by atoms with Gasteiger partial charge in [-0.3, -0.25) is 0 Å². The van der Waals surface area contributed by atoms with Crippen molar-refractivity contribution in [3.63, 3.8) is 0 Å². The Morgan fingerprint density at radius 3 is 0.805 bits per heavy atom. The first-order chi connectivity index (χ1) is 52.3. The van der Waals surface area contributed by atoms with E-state index in [1.807, 2.05) is 55.5 Å². The topological polar surface area (TPSA) is 0 Å². The molecule has 1 nitrogen and oxygen atoms in total. The smallest absolute Gasteiger partial charge is 0.416 e. The average molecular weight is 1650 g/mol. The SMILES string of the molecule is CC1=C(c2ccccc2)c2c(ccc3ccccc23)C[N+]2(C1)Cc1c(-c3cc(-c4cc(C(F)(F)F)cc(C(F)(F)F)c4)cc(-c4cc(C(F)(F)F)cc(C(F)(F)F)c4)c3)cc3ccccc3c1-c1c(c(-c3cc(-c4cc(C(F)(F)F)cc(C(F)(F)F)c4)cc(-c4cc(C(F)(F)F)cc(C(F)(F)F)c4)c3)cc3ccccc13)C2.[Br-]. The van der Waals surface area contributed by atoms with Crippen LogP contribution in [0, 0.1) is 0 Å². The number of quaternary nitrogens is 1. The minimum Gasteiger partial charge on any atom is -1.00 e. The molecule has 0 aliphatic carbocycles. The molecule has 113 heavy (non-hydrogen) atoms. The van der Waals surface area contributed by atoms with Crippen LogP contribution in [0.15, 0.2) is 242 Å². The van der Waals surface area contributed by atoms with E-state index in [0.29, 0.717) is 76.0 Å². The molecule has 0 atom stereocenters. The van der Waals surface area contributed by atoms with Gasteiger partial charge in [-0.2, -0.15) is 105 Å². The van der Waals surface area contributed by atoms with Crippen LogP contribution in [-0.4, -0.2) is 11.0 Å². The maximum Gasteiger partial charge on any atom is 0.416 e. The summed E-state index contributed by atoms with van der Waals surface area (Å²) in [5.41, 5.74) is -16.3. The summed E-state index contributed by atoms with van der Waals surface area (Å²) in [6.07, 6.45) is -44.0. The normalized spacial score (nSPS) is 14.4. The first-order valence-electron chi connectivity index (χ1n) is 34.1. The summed E-state index contributed by atoms with van der Waals surface area (Å²) in [4.78, 5) is 0. The zero-order valence-corrected chi connectivity index (χ0v) is 59.3. The molecule has 0 bridgehead atoms. The number of benzene rings is 13. The Morgan fingerprint density at radius 2 is 0.496 bits per heavy atom. The molecule has 2 aliphatic heterocycles. The molecule has 13 aromatic rings. The molecule has 0 radical (unpaired) electrons. The lowest BCUT2D eigenvalue weighted by atomic mass is 9.81. The molecule has 15 rings (SSSR count). The van der Waals surface area contributed by atoms with Crippen LogP contribution in [0.4, 0.5) is 105 Å². The molecule has 0 saturated carbocycles. The third-order valence-corrected chi connectivity index (χ3v) is 20.6. The van der Waals surface area contributed by atoms with E-state index >= 15 is 0 Å². The van der Waals surface area contributed by atoms with Crippen molar-refractivity contribution in [2.45, 2.75) is 76.0 Å². The fraction of sp³-hybridized carbons (Fsp3) is 0.149. The van der Waals surface area contributed by atoms with Gasteiger partial charge in [0.15, 0.2) is 0 Å². The molecule has 13 aromatic carbocycles. The van der Waals surface area contributed by atoms with Crippen LogP contribution >= 0.6 is 0 Å². The first-order valence-corrected chi connectivity index (χ1v) is 34.1. The molecule has 2 aliphatic rings. The fourth-order valence-electron chi connectivity index (χ4n) is 15.8. The van der Waals surface area contributed by atoms with Crippen LogP contribution in [-0.2, 0) is 69.0 Å². The molecular weight excluding hydrogens is 1590 g/mol. The van der Waals surface area contributed by atoms with E-state index in [2.05, 4.69) is 0 Å². The number of nitrogens with zero attached hydrogens (tertiary/aromatic N) is 1. The molecule has 578 valence electrons. The van der Waals surface area contributed by atoms with Crippen LogP contribution in [0.3, 0.4) is 0 Å². The van der Waals surface area contributed by atoms with E-state index < -0.39 is 138 Å². The molecular formula is C87H50BrF24N. The number of rotatable bonds is 7. The average Bonchev–Trinajstić information content (AvgIpc) is 0.885. The Balaban J connectivity index is 0.0000106. The zero-order valence-electron chi connectivity index (χ0n) is 57.7. The lowest BCUT2D eigenvalue weighted by molar-refractivity contribution is -0.961. The Bertz CT molecular complexity index is 5420. The van der Waals surface area contributed by atoms with E-state index in [0.717, 1.165) is 58.3 Å². The van der Waals surface area contributed by atoms with Gasteiger partial charge in [0.2, 0.25) is 0 Å². The Morgan fingerprint density at radius 1 is 0.230 bits per heavy atom. The van der Waals surface area contributed by atoms with Gasteiger partial charge < -0.3 is 21.5 Å². The molecule has 0 unspecified atom stereocenters. The summed E-state index contributed by atoms with van der Waals surface area (Å²) < 4.78 is 360. The molecule has 1 spiro atoms. The Kier molecular flexibility index (Phi) is 19.4. The second kappa shape index (κ2) is 27.8. The maximum atomic E-state index is 15.0. The summed E-state index contributed by atoms with van der Waals surface area (Å²) in [5, 5.41) is 2.81. The molecule has 0 fully saturated rings. The largest absolute Gasteiger partial charge is 1.00 e. The van der Waals surface area contributed by atoms with E-state index in [1.165, 1.54) is 0 Å². The van der Waals surface area contributed by atoms with E-state index in [1.54, 1.807) is 78.9 Å². The van der Waals surface area contributed by atoms with E-state index in [-0.39, 0.29) is 127 Å². The van der Waals surface area contributed by atoms with Crippen molar-refractivity contribution < 1.29 is 127 Å². The molecule has 0 amide bonds. The van der Waals surface area contributed by atoms with Crippen LogP contribution < -0.4 is 17.0 Å². The summed E-state index contributed by atoms with van der Waals surface area (Å²) in [6.45, 7) is 1.31. The summed E-state index contributed by atoms with van der Waals surface area (Å²) in [5.74, 6) is 0. The van der Waals surface area contributed by atoms with Gasteiger partial charge in [0.05, 0.1) is 44.5 Å². The second-order valence-electron chi connectivity index (χ2n) is 28.1. The number of alkyl halides is 24. The minimum atomic E-state index is -5.50. The van der Waals surface area contributed by atoms with Gasteiger partial charge in [-0.1, -0.05) is 115 Å². The quantitative estimate of drug-likeness (QED) is 0.110. The Hall–Kier alpha value is -10.9. The lowest BCUT2D eigenvalue weighted by Gasteiger charge is -2.39. The molecule has 0 saturated heterocycles.